The summed E-state index contributed by atoms with van der Waals surface area (Å²) in [6.45, 7) is 3.64. The first-order valence-electron chi connectivity index (χ1n) is 9.19. The fourth-order valence-electron chi connectivity index (χ4n) is 3.53. The van der Waals surface area contributed by atoms with Crippen LogP contribution in [0.3, 0.4) is 0 Å². The molecule has 0 unspecified atom stereocenters. The number of anilines is 1. The smallest absolute Gasteiger partial charge is 0.151 e. The van der Waals surface area contributed by atoms with Crippen LogP contribution in [0.1, 0.15) is 24.0 Å². The van der Waals surface area contributed by atoms with Crippen LogP contribution in [0, 0.1) is 0 Å². The van der Waals surface area contributed by atoms with Crippen molar-refractivity contribution in [3.63, 3.8) is 0 Å². The third-order valence-electron chi connectivity index (χ3n) is 4.81. The Labute approximate surface area is 153 Å². The van der Waals surface area contributed by atoms with Gasteiger partial charge in [0.25, 0.3) is 0 Å². The van der Waals surface area contributed by atoms with E-state index in [1.807, 2.05) is 29.1 Å². The summed E-state index contributed by atoms with van der Waals surface area (Å²) < 4.78 is 1.99. The topological polar surface area (TPSA) is 58.9 Å². The lowest BCUT2D eigenvalue weighted by Crippen LogP contribution is -2.38. The molecule has 1 fully saturated rings. The Morgan fingerprint density at radius 1 is 1.08 bits per heavy atom. The normalized spacial score (nSPS) is 16.9. The maximum absolute atomic E-state index is 4.47. The van der Waals surface area contributed by atoms with Gasteiger partial charge in [0.05, 0.1) is 12.7 Å². The van der Waals surface area contributed by atoms with Gasteiger partial charge in [-0.05, 0) is 30.5 Å². The first-order valence-corrected chi connectivity index (χ1v) is 9.19. The molecular weight excluding hydrogens is 324 g/mol. The summed E-state index contributed by atoms with van der Waals surface area (Å²) in [5, 5.41) is 16.3. The molecule has 1 saturated heterocycles. The van der Waals surface area contributed by atoms with Gasteiger partial charge in [-0.1, -0.05) is 30.3 Å². The maximum Gasteiger partial charge on any atom is 0.151 e. The monoisotopic (exact) mass is 348 g/mol. The lowest BCUT2D eigenvalue weighted by atomic mass is 10.2. The van der Waals surface area contributed by atoms with Gasteiger partial charge >= 0.3 is 0 Å². The summed E-state index contributed by atoms with van der Waals surface area (Å²) in [5.74, 6) is 0.979. The number of rotatable bonds is 7. The standard InChI is InChI=1S/C20H24N6/c1-2-6-17(7-3-1)15-25-16-18(13-23-25)12-21-14-19-8-5-11-26(19)20-9-4-10-22-24-20/h1-4,6-7,9-10,13,16,19,21H,5,8,11-12,14-15H2/t19-/m0/s1. The summed E-state index contributed by atoms with van der Waals surface area (Å²) in [4.78, 5) is 2.36. The van der Waals surface area contributed by atoms with E-state index in [1.165, 1.54) is 24.0 Å². The Balaban J connectivity index is 1.28. The fraction of sp³-hybridized carbons (Fsp3) is 0.350. The average molecular weight is 348 g/mol. The highest BCUT2D eigenvalue weighted by molar-refractivity contribution is 5.39. The maximum atomic E-state index is 4.47. The van der Waals surface area contributed by atoms with Gasteiger partial charge in [0, 0.05) is 43.6 Å². The molecule has 6 heteroatoms. The molecule has 0 saturated carbocycles. The van der Waals surface area contributed by atoms with Crippen molar-refractivity contribution in [2.24, 2.45) is 0 Å². The molecule has 6 nitrogen and oxygen atoms in total. The van der Waals surface area contributed by atoms with Crippen molar-refractivity contribution in [2.75, 3.05) is 18.0 Å². The van der Waals surface area contributed by atoms with E-state index in [9.17, 15) is 0 Å². The molecule has 26 heavy (non-hydrogen) atoms. The summed E-state index contributed by atoms with van der Waals surface area (Å²) in [6, 6.07) is 14.9. The van der Waals surface area contributed by atoms with Crippen LogP contribution >= 0.6 is 0 Å². The van der Waals surface area contributed by atoms with Crippen LogP contribution in [0.15, 0.2) is 61.1 Å². The highest BCUT2D eigenvalue weighted by Gasteiger charge is 2.25. The average Bonchev–Trinajstić information content (AvgIpc) is 3.33. The van der Waals surface area contributed by atoms with E-state index >= 15 is 0 Å². The number of nitrogens with zero attached hydrogens (tertiary/aromatic N) is 5. The second kappa shape index (κ2) is 8.10. The van der Waals surface area contributed by atoms with E-state index in [0.717, 1.165) is 32.0 Å². The Morgan fingerprint density at radius 3 is 2.85 bits per heavy atom. The Hall–Kier alpha value is -2.73. The molecule has 0 amide bonds. The Morgan fingerprint density at radius 2 is 2.00 bits per heavy atom. The van der Waals surface area contributed by atoms with Crippen molar-refractivity contribution >= 4 is 5.82 Å². The minimum absolute atomic E-state index is 0.478. The van der Waals surface area contributed by atoms with E-state index in [1.54, 1.807) is 6.20 Å². The summed E-state index contributed by atoms with van der Waals surface area (Å²) in [7, 11) is 0. The number of aromatic nitrogens is 4. The van der Waals surface area contributed by atoms with Crippen molar-refractivity contribution in [1.29, 1.82) is 0 Å². The van der Waals surface area contributed by atoms with Gasteiger partial charge in [-0.3, -0.25) is 4.68 Å². The van der Waals surface area contributed by atoms with Crippen molar-refractivity contribution in [3.05, 3.63) is 72.2 Å². The molecule has 2 aromatic heterocycles. The molecule has 0 aliphatic carbocycles. The predicted molar refractivity (Wildman–Crippen MR) is 102 cm³/mol. The SMILES string of the molecule is c1ccc(Cn2cc(CNC[C@@H]3CCCN3c3cccnn3)cn2)cc1. The van der Waals surface area contributed by atoms with Gasteiger partial charge in [-0.25, -0.2) is 0 Å². The molecule has 0 bridgehead atoms. The Kier molecular flexibility index (Phi) is 5.21. The third kappa shape index (κ3) is 4.08. The van der Waals surface area contributed by atoms with Crippen molar-refractivity contribution in [2.45, 2.75) is 32.0 Å². The zero-order valence-electron chi connectivity index (χ0n) is 14.8. The zero-order valence-corrected chi connectivity index (χ0v) is 14.8. The second-order valence-corrected chi connectivity index (χ2v) is 6.73. The van der Waals surface area contributed by atoms with Gasteiger partial charge in [0.1, 0.15) is 0 Å². The highest BCUT2D eigenvalue weighted by atomic mass is 15.3. The molecule has 1 aliphatic heterocycles. The molecule has 4 rings (SSSR count). The molecule has 1 aromatic carbocycles. The largest absolute Gasteiger partial charge is 0.351 e. The highest BCUT2D eigenvalue weighted by Crippen LogP contribution is 2.22. The van der Waals surface area contributed by atoms with Crippen LogP contribution < -0.4 is 10.2 Å². The zero-order chi connectivity index (χ0) is 17.6. The molecule has 0 radical (unpaired) electrons. The Bertz CT molecular complexity index is 801. The van der Waals surface area contributed by atoms with E-state index in [4.69, 9.17) is 0 Å². The fourth-order valence-corrected chi connectivity index (χ4v) is 3.53. The van der Waals surface area contributed by atoms with Crippen LogP contribution in [0.2, 0.25) is 0 Å². The van der Waals surface area contributed by atoms with Gasteiger partial charge in [0.15, 0.2) is 5.82 Å². The van der Waals surface area contributed by atoms with E-state index in [0.29, 0.717) is 6.04 Å². The number of benzene rings is 1. The molecule has 134 valence electrons. The molecule has 1 N–H and O–H groups in total. The molecule has 1 aliphatic rings. The lowest BCUT2D eigenvalue weighted by Gasteiger charge is -2.25. The first kappa shape index (κ1) is 16.7. The number of nitrogens with one attached hydrogen (secondary N) is 1. The van der Waals surface area contributed by atoms with Crippen molar-refractivity contribution < 1.29 is 0 Å². The quantitative estimate of drug-likeness (QED) is 0.711. The van der Waals surface area contributed by atoms with Crippen LogP contribution in [0.5, 0.6) is 0 Å². The summed E-state index contributed by atoms with van der Waals surface area (Å²) in [5.41, 5.74) is 2.48. The summed E-state index contributed by atoms with van der Waals surface area (Å²) in [6.07, 6.45) is 8.19. The third-order valence-corrected chi connectivity index (χ3v) is 4.81. The minimum atomic E-state index is 0.478. The van der Waals surface area contributed by atoms with Crippen molar-refractivity contribution in [3.8, 4) is 0 Å². The van der Waals surface area contributed by atoms with Crippen LogP contribution in [0.25, 0.3) is 0 Å². The molecule has 3 heterocycles. The lowest BCUT2D eigenvalue weighted by molar-refractivity contribution is 0.569. The van der Waals surface area contributed by atoms with Crippen LogP contribution in [0.4, 0.5) is 5.82 Å². The second-order valence-electron chi connectivity index (χ2n) is 6.73. The van der Waals surface area contributed by atoms with E-state index in [2.05, 4.69) is 56.0 Å². The van der Waals surface area contributed by atoms with E-state index < -0.39 is 0 Å². The van der Waals surface area contributed by atoms with Gasteiger partial charge in [-0.15, -0.1) is 5.10 Å². The van der Waals surface area contributed by atoms with Gasteiger partial charge < -0.3 is 10.2 Å². The molecule has 0 spiro atoms. The van der Waals surface area contributed by atoms with Crippen LogP contribution in [-0.4, -0.2) is 39.1 Å². The first-order chi connectivity index (χ1) is 12.9. The van der Waals surface area contributed by atoms with Crippen molar-refractivity contribution in [1.82, 2.24) is 25.3 Å². The minimum Gasteiger partial charge on any atom is -0.351 e. The molecule has 3 aromatic rings. The molecular formula is C20H24N6. The predicted octanol–water partition coefficient (Wildman–Crippen LogP) is 2.48. The number of hydrogen-bond donors (Lipinski definition) is 1. The van der Waals surface area contributed by atoms with Gasteiger partial charge in [-0.2, -0.15) is 10.2 Å². The number of hydrogen-bond acceptors (Lipinski definition) is 5. The molecule has 1 atom stereocenters. The van der Waals surface area contributed by atoms with Crippen LogP contribution in [-0.2, 0) is 13.1 Å². The summed E-state index contributed by atoms with van der Waals surface area (Å²) >= 11 is 0. The van der Waals surface area contributed by atoms with Gasteiger partial charge in [0.2, 0.25) is 0 Å². The van der Waals surface area contributed by atoms with E-state index in [-0.39, 0.29) is 0 Å².